The summed E-state index contributed by atoms with van der Waals surface area (Å²) in [6, 6.07) is -2.83. The highest BCUT2D eigenvalue weighted by Crippen LogP contribution is 2.23. The van der Waals surface area contributed by atoms with Crippen LogP contribution in [0.2, 0.25) is 0 Å². The van der Waals surface area contributed by atoms with Crippen molar-refractivity contribution >= 4 is 30.2 Å². The lowest BCUT2D eigenvalue weighted by Gasteiger charge is -2.33. The summed E-state index contributed by atoms with van der Waals surface area (Å²) < 4.78 is 5.22. The summed E-state index contributed by atoms with van der Waals surface area (Å²) in [6.45, 7) is 6.33. The molecular formula is C21H37N6O5. The van der Waals surface area contributed by atoms with Gasteiger partial charge in [0.1, 0.15) is 12.1 Å². The number of likely N-dealkylation sites (tertiary alicyclic amines) is 1. The number of rotatable bonds is 12. The maximum absolute atomic E-state index is 13.4. The molecule has 0 saturated carbocycles. The van der Waals surface area contributed by atoms with E-state index in [-0.39, 0.29) is 37.4 Å². The number of hydrogen-bond acceptors (Lipinski definition) is 7. The minimum atomic E-state index is -1.18. The fourth-order valence-electron chi connectivity index (χ4n) is 3.43. The van der Waals surface area contributed by atoms with Crippen molar-refractivity contribution in [3.8, 4) is 0 Å². The molecule has 0 aliphatic carbocycles. The molecule has 11 nitrogen and oxygen atoms in total. The van der Waals surface area contributed by atoms with Crippen molar-refractivity contribution in [3.05, 3.63) is 0 Å². The molecular weight excluding hydrogens is 416 g/mol. The third kappa shape index (κ3) is 7.77. The predicted molar refractivity (Wildman–Crippen MR) is 119 cm³/mol. The Morgan fingerprint density at radius 3 is 2.56 bits per heavy atom. The molecule has 1 rings (SSSR count). The number of unbranched alkanes of at least 4 members (excludes halogenated alkanes) is 1. The van der Waals surface area contributed by atoms with Crippen molar-refractivity contribution in [1.29, 1.82) is 5.41 Å². The van der Waals surface area contributed by atoms with E-state index in [1.54, 1.807) is 6.29 Å². The Kier molecular flexibility index (Phi) is 11.7. The van der Waals surface area contributed by atoms with E-state index in [1.165, 1.54) is 4.90 Å². The van der Waals surface area contributed by atoms with Gasteiger partial charge in [-0.25, -0.2) is 9.69 Å². The van der Waals surface area contributed by atoms with E-state index >= 15 is 0 Å². The van der Waals surface area contributed by atoms with Gasteiger partial charge in [0.2, 0.25) is 12.2 Å². The fourth-order valence-corrected chi connectivity index (χ4v) is 3.43. The molecule has 0 aromatic carbocycles. The molecule has 0 aromatic rings. The van der Waals surface area contributed by atoms with Gasteiger partial charge in [-0.2, -0.15) is 0 Å². The van der Waals surface area contributed by atoms with Crippen LogP contribution in [0.5, 0.6) is 0 Å². The molecule has 0 unspecified atom stereocenters. The number of nitrogens with zero attached hydrogens (tertiary/aromatic N) is 2. The van der Waals surface area contributed by atoms with Gasteiger partial charge >= 0.3 is 6.09 Å². The third-order valence-electron chi connectivity index (χ3n) is 5.40. The Bertz CT molecular complexity index is 671. The molecule has 0 aromatic heterocycles. The standard InChI is InChI=1S/C21H37N6O5/c1-4-5-12-32-21(31)27(15(13-28)8-6-10-25-20(23)24)18(29)16-9-7-11-26(16)19(30)17(22)14(2)3/h14-17H,4-12,22H2,1-3H3,(H4,23,24,25)/t15-,16-,17-/m0/s1. The molecule has 1 aliphatic heterocycles. The number of amides is 3. The summed E-state index contributed by atoms with van der Waals surface area (Å²) in [5.41, 5.74) is 11.3. The molecule has 32 heavy (non-hydrogen) atoms. The third-order valence-corrected chi connectivity index (χ3v) is 5.40. The topological polar surface area (TPSA) is 172 Å². The molecule has 181 valence electrons. The molecule has 3 atom stereocenters. The van der Waals surface area contributed by atoms with Gasteiger partial charge in [-0.3, -0.25) is 19.8 Å². The average Bonchev–Trinajstić information content (AvgIpc) is 3.24. The van der Waals surface area contributed by atoms with Crippen LogP contribution >= 0.6 is 0 Å². The second-order valence-electron chi connectivity index (χ2n) is 8.25. The molecule has 6 N–H and O–H groups in total. The SMILES string of the molecule is CCCCOC(=O)N(C(=O)[C@@H]1CCCN1C(=O)[C@@H](N)C(C)C)[C@H]([C]=O)CCCNC(=N)N. The van der Waals surface area contributed by atoms with Gasteiger partial charge in [-0.1, -0.05) is 27.2 Å². The average molecular weight is 454 g/mol. The molecule has 11 heteroatoms. The first kappa shape index (κ1) is 27.3. The maximum atomic E-state index is 13.4. The van der Waals surface area contributed by atoms with Gasteiger partial charge in [0.25, 0.3) is 5.91 Å². The second kappa shape index (κ2) is 13.7. The summed E-state index contributed by atoms with van der Waals surface area (Å²) in [6.07, 6.45) is 3.67. The lowest BCUT2D eigenvalue weighted by Crippen LogP contribution is -2.56. The first-order valence-corrected chi connectivity index (χ1v) is 11.2. The van der Waals surface area contributed by atoms with E-state index in [0.29, 0.717) is 32.2 Å². The minimum Gasteiger partial charge on any atom is -0.449 e. The van der Waals surface area contributed by atoms with Crippen LogP contribution in [0.25, 0.3) is 0 Å². The number of nitrogens with one attached hydrogen (secondary N) is 2. The van der Waals surface area contributed by atoms with Crippen LogP contribution < -0.4 is 16.8 Å². The monoisotopic (exact) mass is 453 g/mol. The Morgan fingerprint density at radius 2 is 2.00 bits per heavy atom. The minimum absolute atomic E-state index is 0.112. The van der Waals surface area contributed by atoms with Crippen LogP contribution in [0.15, 0.2) is 0 Å². The van der Waals surface area contributed by atoms with Gasteiger partial charge < -0.3 is 26.4 Å². The molecule has 0 spiro atoms. The normalized spacial score (nSPS) is 17.5. The lowest BCUT2D eigenvalue weighted by atomic mass is 10.0. The molecule has 1 fully saturated rings. The van der Waals surface area contributed by atoms with Gasteiger partial charge in [0.15, 0.2) is 5.96 Å². The number of carbonyl (C=O) groups is 3. The van der Waals surface area contributed by atoms with E-state index in [4.69, 9.17) is 21.6 Å². The molecule has 3 amide bonds. The van der Waals surface area contributed by atoms with Crippen molar-refractivity contribution in [1.82, 2.24) is 15.1 Å². The highest BCUT2D eigenvalue weighted by atomic mass is 16.6. The summed E-state index contributed by atoms with van der Waals surface area (Å²) in [5.74, 6) is -1.35. The van der Waals surface area contributed by atoms with Crippen LogP contribution in [0.3, 0.4) is 0 Å². The Hall–Kier alpha value is -2.69. The fraction of sp³-hybridized carbons (Fsp3) is 0.762. The van der Waals surface area contributed by atoms with Crippen molar-refractivity contribution < 1.29 is 23.9 Å². The van der Waals surface area contributed by atoms with Crippen LogP contribution in [0.4, 0.5) is 4.79 Å². The van der Waals surface area contributed by atoms with Crippen LogP contribution in [0, 0.1) is 11.3 Å². The smallest absolute Gasteiger partial charge is 0.417 e. The zero-order chi connectivity index (χ0) is 24.3. The first-order valence-electron chi connectivity index (χ1n) is 11.2. The molecule has 1 heterocycles. The van der Waals surface area contributed by atoms with E-state index in [1.807, 2.05) is 20.8 Å². The summed E-state index contributed by atoms with van der Waals surface area (Å²) in [4.78, 5) is 52.9. The van der Waals surface area contributed by atoms with E-state index in [9.17, 15) is 19.2 Å². The number of guanidine groups is 1. The van der Waals surface area contributed by atoms with Crippen molar-refractivity contribution in [2.24, 2.45) is 17.4 Å². The largest absolute Gasteiger partial charge is 0.449 e. The summed E-state index contributed by atoms with van der Waals surface area (Å²) >= 11 is 0. The number of carbonyl (C=O) groups excluding carboxylic acids is 4. The summed E-state index contributed by atoms with van der Waals surface area (Å²) in [7, 11) is 0. The van der Waals surface area contributed by atoms with E-state index < -0.39 is 30.1 Å². The first-order chi connectivity index (χ1) is 15.1. The number of imide groups is 1. The quantitative estimate of drug-likeness (QED) is 0.187. The van der Waals surface area contributed by atoms with Crippen molar-refractivity contribution in [2.75, 3.05) is 19.7 Å². The molecule has 1 aliphatic rings. The Balaban J connectivity index is 3.06. The van der Waals surface area contributed by atoms with Crippen LogP contribution in [-0.4, -0.2) is 77.8 Å². The Labute approximate surface area is 189 Å². The van der Waals surface area contributed by atoms with Crippen molar-refractivity contribution in [2.45, 2.75) is 77.4 Å². The zero-order valence-corrected chi connectivity index (χ0v) is 19.3. The zero-order valence-electron chi connectivity index (χ0n) is 19.3. The predicted octanol–water partition coefficient (Wildman–Crippen LogP) is 0.468. The maximum Gasteiger partial charge on any atom is 0.417 e. The van der Waals surface area contributed by atoms with E-state index in [0.717, 1.165) is 11.3 Å². The molecule has 0 bridgehead atoms. The van der Waals surface area contributed by atoms with Gasteiger partial charge in [-0.15, -0.1) is 0 Å². The van der Waals surface area contributed by atoms with Gasteiger partial charge in [0.05, 0.1) is 12.6 Å². The summed E-state index contributed by atoms with van der Waals surface area (Å²) in [5, 5.41) is 9.79. The molecule has 1 saturated heterocycles. The lowest BCUT2D eigenvalue weighted by molar-refractivity contribution is -0.144. The number of nitrogens with two attached hydrogens (primary N) is 2. The van der Waals surface area contributed by atoms with Crippen molar-refractivity contribution in [3.63, 3.8) is 0 Å². The number of hydrogen-bond donors (Lipinski definition) is 4. The van der Waals surface area contributed by atoms with Crippen LogP contribution in [-0.2, 0) is 19.1 Å². The van der Waals surface area contributed by atoms with Gasteiger partial charge in [0, 0.05) is 13.1 Å². The molecule has 1 radical (unpaired) electrons. The second-order valence-corrected chi connectivity index (χ2v) is 8.25. The van der Waals surface area contributed by atoms with Crippen LogP contribution in [0.1, 0.15) is 59.3 Å². The van der Waals surface area contributed by atoms with E-state index in [2.05, 4.69) is 5.32 Å². The highest BCUT2D eigenvalue weighted by Gasteiger charge is 2.43. The van der Waals surface area contributed by atoms with Gasteiger partial charge in [-0.05, 0) is 38.0 Å². The highest BCUT2D eigenvalue weighted by molar-refractivity contribution is 5.99. The number of ether oxygens (including phenoxy) is 1. The Morgan fingerprint density at radius 1 is 1.31 bits per heavy atom.